The topological polar surface area (TPSA) is 64.1 Å². The lowest BCUT2D eigenvalue weighted by Crippen LogP contribution is -2.24. The normalized spacial score (nSPS) is 10.6. The molecule has 24 heavy (non-hydrogen) atoms. The summed E-state index contributed by atoms with van der Waals surface area (Å²) in [5.74, 6) is -0.0625. The smallest absolute Gasteiger partial charge is 0.253 e. The summed E-state index contributed by atoms with van der Waals surface area (Å²) >= 11 is 0. The van der Waals surface area contributed by atoms with Crippen molar-refractivity contribution in [2.24, 2.45) is 0 Å². The zero-order valence-corrected chi connectivity index (χ0v) is 13.3. The van der Waals surface area contributed by atoms with Crippen molar-refractivity contribution < 1.29 is 13.9 Å². The Labute approximate surface area is 138 Å². The number of aryl methyl sites for hydroxylation is 1. The maximum Gasteiger partial charge on any atom is 0.253 e. The van der Waals surface area contributed by atoms with Gasteiger partial charge < -0.3 is 10.1 Å². The monoisotopic (exact) mass is 325 g/mol. The van der Waals surface area contributed by atoms with Crippen molar-refractivity contribution in [3.63, 3.8) is 0 Å². The quantitative estimate of drug-likeness (QED) is 0.801. The molecule has 0 unspecified atom stereocenters. The van der Waals surface area contributed by atoms with E-state index >= 15 is 0 Å². The van der Waals surface area contributed by atoms with Gasteiger partial charge in [0.05, 0.1) is 23.9 Å². The van der Waals surface area contributed by atoms with Crippen LogP contribution < -0.4 is 10.1 Å². The highest BCUT2D eigenvalue weighted by Gasteiger charge is 2.12. The number of methoxy groups -OCH3 is 1. The van der Waals surface area contributed by atoms with E-state index in [0.29, 0.717) is 29.2 Å². The van der Waals surface area contributed by atoms with Crippen LogP contribution in [0.3, 0.4) is 0 Å². The standard InChI is InChI=1S/C18H16FN3O2/c1-11-15(7-13-4-5-14(19)8-16(13)22-11)18(23)21-10-12-3-6-17(24-2)20-9-12/h3-9H,10H2,1-2H3,(H,21,23). The zero-order chi connectivity index (χ0) is 17.1. The molecule has 0 aliphatic heterocycles. The maximum absolute atomic E-state index is 13.3. The lowest BCUT2D eigenvalue weighted by atomic mass is 10.1. The summed E-state index contributed by atoms with van der Waals surface area (Å²) in [7, 11) is 1.55. The van der Waals surface area contributed by atoms with Crippen molar-refractivity contribution in [2.45, 2.75) is 13.5 Å². The molecule has 0 radical (unpaired) electrons. The van der Waals surface area contributed by atoms with E-state index in [1.807, 2.05) is 6.07 Å². The van der Waals surface area contributed by atoms with Crippen LogP contribution in [0, 0.1) is 12.7 Å². The molecule has 0 atom stereocenters. The van der Waals surface area contributed by atoms with E-state index in [9.17, 15) is 9.18 Å². The molecule has 2 aromatic heterocycles. The molecule has 2 heterocycles. The van der Waals surface area contributed by atoms with Gasteiger partial charge in [0.1, 0.15) is 5.82 Å². The number of ether oxygens (including phenoxy) is 1. The van der Waals surface area contributed by atoms with Crippen LogP contribution in [0.1, 0.15) is 21.6 Å². The van der Waals surface area contributed by atoms with Crippen LogP contribution in [0.25, 0.3) is 10.9 Å². The molecule has 0 saturated heterocycles. The summed E-state index contributed by atoms with van der Waals surface area (Å²) in [5.41, 5.74) is 2.41. The van der Waals surface area contributed by atoms with Crippen molar-refractivity contribution >= 4 is 16.8 Å². The molecule has 0 aliphatic carbocycles. The Hall–Kier alpha value is -3.02. The van der Waals surface area contributed by atoms with Gasteiger partial charge in [-0.05, 0) is 30.7 Å². The number of carbonyl (C=O) groups is 1. The summed E-state index contributed by atoms with van der Waals surface area (Å²) in [6.45, 7) is 2.07. The molecule has 1 aromatic carbocycles. The van der Waals surface area contributed by atoms with E-state index in [2.05, 4.69) is 15.3 Å². The van der Waals surface area contributed by atoms with Crippen LogP contribution in [0.2, 0.25) is 0 Å². The Morgan fingerprint density at radius 3 is 2.79 bits per heavy atom. The molecule has 3 rings (SSSR count). The highest BCUT2D eigenvalue weighted by Crippen LogP contribution is 2.18. The number of halogens is 1. The Morgan fingerprint density at radius 1 is 1.25 bits per heavy atom. The van der Waals surface area contributed by atoms with Gasteiger partial charge in [0.25, 0.3) is 5.91 Å². The van der Waals surface area contributed by atoms with Gasteiger partial charge in [0, 0.05) is 30.3 Å². The second kappa shape index (κ2) is 6.62. The van der Waals surface area contributed by atoms with Gasteiger partial charge >= 0.3 is 0 Å². The van der Waals surface area contributed by atoms with E-state index < -0.39 is 0 Å². The zero-order valence-electron chi connectivity index (χ0n) is 13.3. The summed E-state index contributed by atoms with van der Waals surface area (Å²) in [6.07, 6.45) is 1.65. The number of hydrogen-bond acceptors (Lipinski definition) is 4. The number of carbonyl (C=O) groups excluding carboxylic acids is 1. The van der Waals surface area contributed by atoms with Crippen molar-refractivity contribution in [3.8, 4) is 5.88 Å². The van der Waals surface area contributed by atoms with E-state index in [1.54, 1.807) is 38.4 Å². The van der Waals surface area contributed by atoms with Gasteiger partial charge in [-0.2, -0.15) is 0 Å². The average Bonchev–Trinajstić information content (AvgIpc) is 2.59. The van der Waals surface area contributed by atoms with Crippen LogP contribution in [0.4, 0.5) is 4.39 Å². The fourth-order valence-electron chi connectivity index (χ4n) is 2.38. The summed E-state index contributed by atoms with van der Waals surface area (Å²) in [6, 6.07) is 9.61. The molecular formula is C18H16FN3O2. The maximum atomic E-state index is 13.3. The SMILES string of the molecule is COc1ccc(CNC(=O)c2cc3ccc(F)cc3nc2C)cn1. The number of hydrogen-bond donors (Lipinski definition) is 1. The fourth-order valence-corrected chi connectivity index (χ4v) is 2.38. The third-order valence-electron chi connectivity index (χ3n) is 3.67. The minimum absolute atomic E-state index is 0.234. The van der Waals surface area contributed by atoms with Crippen LogP contribution in [-0.2, 0) is 6.54 Å². The van der Waals surface area contributed by atoms with E-state index in [-0.39, 0.29) is 11.7 Å². The number of rotatable bonds is 4. The Morgan fingerprint density at radius 2 is 2.08 bits per heavy atom. The van der Waals surface area contributed by atoms with Gasteiger partial charge in [-0.15, -0.1) is 0 Å². The fraction of sp³-hybridized carbons (Fsp3) is 0.167. The van der Waals surface area contributed by atoms with Crippen LogP contribution in [-0.4, -0.2) is 23.0 Å². The molecule has 0 saturated carbocycles. The van der Waals surface area contributed by atoms with Gasteiger partial charge in [0.15, 0.2) is 0 Å². The first-order chi connectivity index (χ1) is 11.6. The number of aromatic nitrogens is 2. The molecule has 5 nitrogen and oxygen atoms in total. The van der Waals surface area contributed by atoms with Crippen LogP contribution in [0.15, 0.2) is 42.6 Å². The number of pyridine rings is 2. The predicted octanol–water partition coefficient (Wildman–Crippen LogP) is 3.02. The number of amides is 1. The Balaban J connectivity index is 1.77. The molecule has 0 fully saturated rings. The molecule has 3 aromatic rings. The van der Waals surface area contributed by atoms with Gasteiger partial charge in [0.2, 0.25) is 5.88 Å². The van der Waals surface area contributed by atoms with Crippen LogP contribution in [0.5, 0.6) is 5.88 Å². The second-order valence-electron chi connectivity index (χ2n) is 5.35. The highest BCUT2D eigenvalue weighted by atomic mass is 19.1. The minimum Gasteiger partial charge on any atom is -0.481 e. The lowest BCUT2D eigenvalue weighted by molar-refractivity contribution is 0.0950. The lowest BCUT2D eigenvalue weighted by Gasteiger charge is -2.09. The predicted molar refractivity (Wildman–Crippen MR) is 88.4 cm³/mol. The van der Waals surface area contributed by atoms with Crippen molar-refractivity contribution in [1.29, 1.82) is 0 Å². The molecule has 1 amide bonds. The number of benzene rings is 1. The van der Waals surface area contributed by atoms with Crippen molar-refractivity contribution in [1.82, 2.24) is 15.3 Å². The van der Waals surface area contributed by atoms with Gasteiger partial charge in [-0.25, -0.2) is 9.37 Å². The molecule has 6 heteroatoms. The number of fused-ring (bicyclic) bond motifs is 1. The molecular weight excluding hydrogens is 309 g/mol. The summed E-state index contributed by atoms with van der Waals surface area (Å²) in [5, 5.41) is 3.56. The first kappa shape index (κ1) is 15.9. The summed E-state index contributed by atoms with van der Waals surface area (Å²) < 4.78 is 18.3. The largest absolute Gasteiger partial charge is 0.481 e. The molecule has 122 valence electrons. The molecule has 0 bridgehead atoms. The molecule has 0 spiro atoms. The van der Waals surface area contributed by atoms with E-state index in [1.165, 1.54) is 12.1 Å². The Kier molecular flexibility index (Phi) is 4.37. The minimum atomic E-state index is -0.349. The van der Waals surface area contributed by atoms with Crippen LogP contribution >= 0.6 is 0 Å². The third-order valence-corrected chi connectivity index (χ3v) is 3.67. The first-order valence-corrected chi connectivity index (χ1v) is 7.41. The third kappa shape index (κ3) is 3.32. The summed E-state index contributed by atoms with van der Waals surface area (Å²) in [4.78, 5) is 20.8. The molecule has 1 N–H and O–H groups in total. The molecule has 0 aliphatic rings. The van der Waals surface area contributed by atoms with Gasteiger partial charge in [-0.1, -0.05) is 6.07 Å². The first-order valence-electron chi connectivity index (χ1n) is 7.41. The van der Waals surface area contributed by atoms with Crippen molar-refractivity contribution in [3.05, 3.63) is 65.2 Å². The number of nitrogens with zero attached hydrogens (tertiary/aromatic N) is 2. The van der Waals surface area contributed by atoms with Gasteiger partial charge in [-0.3, -0.25) is 9.78 Å². The average molecular weight is 325 g/mol. The van der Waals surface area contributed by atoms with Crippen molar-refractivity contribution in [2.75, 3.05) is 7.11 Å². The van der Waals surface area contributed by atoms with E-state index in [4.69, 9.17) is 4.74 Å². The highest BCUT2D eigenvalue weighted by molar-refractivity contribution is 5.98. The Bertz CT molecular complexity index is 895. The number of nitrogens with one attached hydrogen (secondary N) is 1. The van der Waals surface area contributed by atoms with E-state index in [0.717, 1.165) is 10.9 Å². The second-order valence-corrected chi connectivity index (χ2v) is 5.35.